The molecule has 11 nitrogen and oxygen atoms in total. The number of hydrogen-bond acceptors (Lipinski definition) is 8. The Kier molecular flexibility index (Phi) is 9.35. The number of nitrogens with zero attached hydrogens (tertiary/aromatic N) is 7. The van der Waals surface area contributed by atoms with Crippen LogP contribution in [0, 0.1) is 6.92 Å². The average molecular weight is 605 g/mol. The van der Waals surface area contributed by atoms with E-state index < -0.39 is 6.04 Å². The summed E-state index contributed by atoms with van der Waals surface area (Å²) < 4.78 is 5.64. The molecule has 0 aliphatic carbocycles. The second-order valence-corrected chi connectivity index (χ2v) is 11.2. The quantitative estimate of drug-likeness (QED) is 0.238. The highest BCUT2D eigenvalue weighted by Gasteiger charge is 2.38. The minimum Gasteiger partial charge on any atom is -0.458 e. The lowest BCUT2D eigenvalue weighted by atomic mass is 9.96. The van der Waals surface area contributed by atoms with E-state index in [1.807, 2.05) is 61.5 Å². The summed E-state index contributed by atoms with van der Waals surface area (Å²) in [7, 11) is 0. The van der Waals surface area contributed by atoms with E-state index >= 15 is 0 Å². The summed E-state index contributed by atoms with van der Waals surface area (Å²) in [4.78, 5) is 37.9. The lowest BCUT2D eigenvalue weighted by Crippen LogP contribution is -2.53. The van der Waals surface area contributed by atoms with Gasteiger partial charge in [-0.3, -0.25) is 19.5 Å². The summed E-state index contributed by atoms with van der Waals surface area (Å²) in [6, 6.07) is 26.2. The summed E-state index contributed by atoms with van der Waals surface area (Å²) in [5, 5.41) is 15.7. The molecule has 5 aromatic rings. The molecule has 2 amide bonds. The largest absolute Gasteiger partial charge is 0.458 e. The summed E-state index contributed by atoms with van der Waals surface area (Å²) in [6.45, 7) is 4.43. The molecule has 45 heavy (non-hydrogen) atoms. The fourth-order valence-corrected chi connectivity index (χ4v) is 5.79. The van der Waals surface area contributed by atoms with Crippen LogP contribution in [0.25, 0.3) is 11.6 Å². The summed E-state index contributed by atoms with van der Waals surface area (Å²) >= 11 is 0. The number of aromatic nitrogens is 5. The molecule has 4 heterocycles. The predicted octanol–water partition coefficient (Wildman–Crippen LogP) is 4.19. The molecule has 0 radical (unpaired) electrons. The first-order valence-electron chi connectivity index (χ1n) is 15.2. The Morgan fingerprint density at radius 2 is 1.62 bits per heavy atom. The number of rotatable bonds is 11. The number of benzene rings is 2. The molecule has 0 saturated carbocycles. The minimum atomic E-state index is -0.870. The number of carbonyl (C=O) groups is 2. The van der Waals surface area contributed by atoms with E-state index in [2.05, 4.69) is 42.7 Å². The Balaban J connectivity index is 1.26. The monoisotopic (exact) mass is 604 g/mol. The Labute approximate surface area is 261 Å². The molecule has 0 spiro atoms. The normalized spacial score (nSPS) is 14.6. The van der Waals surface area contributed by atoms with Gasteiger partial charge in [-0.25, -0.2) is 0 Å². The van der Waals surface area contributed by atoms with Crippen LogP contribution in [-0.2, 0) is 29.2 Å². The van der Waals surface area contributed by atoms with Crippen LogP contribution in [-0.4, -0.2) is 65.9 Å². The highest BCUT2D eigenvalue weighted by Crippen LogP contribution is 2.29. The van der Waals surface area contributed by atoms with Crippen molar-refractivity contribution in [3.05, 3.63) is 120 Å². The number of pyridine rings is 1. The number of hydrogen-bond donors (Lipinski definition) is 1. The second-order valence-electron chi connectivity index (χ2n) is 11.2. The van der Waals surface area contributed by atoms with Crippen LogP contribution in [0.3, 0.4) is 0 Å². The lowest BCUT2D eigenvalue weighted by Gasteiger charge is -2.42. The first-order valence-corrected chi connectivity index (χ1v) is 15.2. The van der Waals surface area contributed by atoms with Gasteiger partial charge in [-0.05, 0) is 65.9 Å². The molecule has 1 N–H and O–H groups in total. The van der Waals surface area contributed by atoms with Crippen LogP contribution in [0.4, 0.5) is 0 Å². The molecular weight excluding hydrogens is 568 g/mol. The SMILES string of the molecule is Cc1ccc(-c2nnn(CC(=O)N(C3CCN(Cc4ccccc4)CC3)[C@H](C(=O)NCc3ccccc3)c3ccncc3)n2)o1. The number of furan rings is 1. The number of piperidine rings is 1. The molecule has 0 bridgehead atoms. The predicted molar refractivity (Wildman–Crippen MR) is 167 cm³/mol. The third-order valence-corrected chi connectivity index (χ3v) is 8.04. The van der Waals surface area contributed by atoms with Crippen molar-refractivity contribution in [1.29, 1.82) is 0 Å². The smallest absolute Gasteiger partial charge is 0.247 e. The van der Waals surface area contributed by atoms with Gasteiger partial charge in [0.15, 0.2) is 5.76 Å². The second kappa shape index (κ2) is 14.1. The number of amides is 2. The van der Waals surface area contributed by atoms with Crippen molar-refractivity contribution in [2.45, 2.75) is 51.5 Å². The van der Waals surface area contributed by atoms with Crippen molar-refractivity contribution in [3.8, 4) is 11.6 Å². The average Bonchev–Trinajstić information content (AvgIpc) is 3.73. The van der Waals surface area contributed by atoms with Gasteiger partial charge in [0.05, 0.1) is 0 Å². The first-order chi connectivity index (χ1) is 22.0. The zero-order valence-corrected chi connectivity index (χ0v) is 25.2. The van der Waals surface area contributed by atoms with Crippen molar-refractivity contribution in [1.82, 2.24) is 40.3 Å². The van der Waals surface area contributed by atoms with E-state index in [0.717, 1.165) is 31.0 Å². The van der Waals surface area contributed by atoms with Gasteiger partial charge in [-0.15, -0.1) is 10.2 Å². The molecular formula is C34H36N8O3. The number of tetrazole rings is 1. The van der Waals surface area contributed by atoms with Gasteiger partial charge in [0.25, 0.3) is 0 Å². The zero-order chi connectivity index (χ0) is 31.0. The summed E-state index contributed by atoms with van der Waals surface area (Å²) in [6.07, 6.45) is 4.73. The maximum absolute atomic E-state index is 14.3. The Hall–Kier alpha value is -5.16. The van der Waals surface area contributed by atoms with Crippen LogP contribution in [0.2, 0.25) is 0 Å². The number of aryl methyl sites for hydroxylation is 1. The van der Waals surface area contributed by atoms with E-state index in [1.165, 1.54) is 10.4 Å². The number of nitrogens with one attached hydrogen (secondary N) is 1. The van der Waals surface area contributed by atoms with Gasteiger partial charge in [0.1, 0.15) is 18.3 Å². The number of carbonyl (C=O) groups excluding carboxylic acids is 2. The Bertz CT molecular complexity index is 1680. The molecule has 1 saturated heterocycles. The van der Waals surface area contributed by atoms with Crippen molar-refractivity contribution in [3.63, 3.8) is 0 Å². The third kappa shape index (κ3) is 7.50. The van der Waals surface area contributed by atoms with Crippen molar-refractivity contribution >= 4 is 11.8 Å². The zero-order valence-electron chi connectivity index (χ0n) is 25.2. The van der Waals surface area contributed by atoms with Crippen LogP contribution in [0.15, 0.2) is 102 Å². The maximum atomic E-state index is 14.3. The van der Waals surface area contributed by atoms with E-state index in [0.29, 0.717) is 36.5 Å². The van der Waals surface area contributed by atoms with Gasteiger partial charge >= 0.3 is 0 Å². The number of likely N-dealkylation sites (tertiary alicyclic amines) is 1. The summed E-state index contributed by atoms with van der Waals surface area (Å²) in [5.74, 6) is 0.965. The fraction of sp³-hybridized carbons (Fsp3) is 0.294. The maximum Gasteiger partial charge on any atom is 0.247 e. The van der Waals surface area contributed by atoms with Crippen LogP contribution in [0.1, 0.15) is 41.3 Å². The van der Waals surface area contributed by atoms with E-state index in [9.17, 15) is 9.59 Å². The van der Waals surface area contributed by atoms with Crippen LogP contribution >= 0.6 is 0 Å². The minimum absolute atomic E-state index is 0.176. The molecule has 1 aliphatic rings. The Morgan fingerprint density at radius 3 is 2.29 bits per heavy atom. The molecule has 1 fully saturated rings. The molecule has 1 aliphatic heterocycles. The van der Waals surface area contributed by atoms with Gasteiger partial charge in [0.2, 0.25) is 17.6 Å². The highest BCUT2D eigenvalue weighted by molar-refractivity contribution is 5.89. The Morgan fingerprint density at radius 1 is 0.933 bits per heavy atom. The standard InChI is InChI=1S/C34H36N8O3/c1-25-12-13-30(45-25)33-37-39-41(38-33)24-31(43)42(29-16-20-40(21-17-29)23-27-10-6-3-7-11-27)32(28-14-18-35-19-15-28)34(44)36-22-26-8-4-2-5-9-26/h2-15,18-19,29,32H,16-17,20-24H2,1H3,(H,36,44)/t32-/m0/s1. The first kappa shape index (κ1) is 29.9. The topological polar surface area (TPSA) is 122 Å². The van der Waals surface area contributed by atoms with Gasteiger partial charge in [-0.1, -0.05) is 60.7 Å². The molecule has 1 atom stereocenters. The molecule has 2 aromatic carbocycles. The fourth-order valence-electron chi connectivity index (χ4n) is 5.79. The van der Waals surface area contributed by atoms with Crippen LogP contribution < -0.4 is 5.32 Å². The van der Waals surface area contributed by atoms with Crippen LogP contribution in [0.5, 0.6) is 0 Å². The van der Waals surface area contributed by atoms with Gasteiger partial charge < -0.3 is 14.6 Å². The highest BCUT2D eigenvalue weighted by atomic mass is 16.3. The molecule has 230 valence electrons. The molecule has 6 rings (SSSR count). The van der Waals surface area contributed by atoms with Gasteiger partial charge in [0, 0.05) is 44.6 Å². The molecule has 3 aromatic heterocycles. The lowest BCUT2D eigenvalue weighted by molar-refractivity contribution is -0.145. The molecule has 11 heteroatoms. The van der Waals surface area contributed by atoms with E-state index in [1.54, 1.807) is 35.5 Å². The van der Waals surface area contributed by atoms with Gasteiger partial charge in [-0.2, -0.15) is 4.80 Å². The van der Waals surface area contributed by atoms with Crippen molar-refractivity contribution < 1.29 is 14.0 Å². The third-order valence-electron chi connectivity index (χ3n) is 8.04. The van der Waals surface area contributed by atoms with Crippen molar-refractivity contribution in [2.24, 2.45) is 0 Å². The van der Waals surface area contributed by atoms with E-state index in [-0.39, 0.29) is 24.4 Å². The molecule has 0 unspecified atom stereocenters. The van der Waals surface area contributed by atoms with E-state index in [4.69, 9.17) is 4.42 Å². The van der Waals surface area contributed by atoms with Crippen molar-refractivity contribution in [2.75, 3.05) is 13.1 Å². The summed E-state index contributed by atoms with van der Waals surface area (Å²) in [5.41, 5.74) is 2.91.